The first-order valence-electron chi connectivity index (χ1n) is 5.53. The lowest BCUT2D eigenvalue weighted by molar-refractivity contribution is -0.00655. The Labute approximate surface area is 129 Å². The van der Waals surface area contributed by atoms with Gasteiger partial charge >= 0.3 is 5.97 Å². The van der Waals surface area contributed by atoms with Crippen molar-refractivity contribution in [1.29, 1.82) is 0 Å². The van der Waals surface area contributed by atoms with E-state index in [4.69, 9.17) is 24.6 Å². The molecule has 0 aliphatic heterocycles. The highest BCUT2D eigenvalue weighted by atomic mass is 79.9. The maximum Gasteiger partial charge on any atom is 0.374 e. The second-order valence-corrected chi connectivity index (χ2v) is 7.79. The molecule has 0 N–H and O–H groups in total. The molecule has 0 saturated heterocycles. The summed E-state index contributed by atoms with van der Waals surface area (Å²) < 4.78 is 37.3. The number of esters is 1. The Balaban J connectivity index is 2.71. The van der Waals surface area contributed by atoms with E-state index in [1.54, 1.807) is 7.11 Å². The number of hydrogen-bond donors (Lipinski definition) is 0. The second-order valence-electron chi connectivity index (χ2n) is 4.54. The molecule has 0 aliphatic carbocycles. The van der Waals surface area contributed by atoms with Gasteiger partial charge in [0, 0.05) is 30.3 Å². The van der Waals surface area contributed by atoms with Crippen molar-refractivity contribution in [2.75, 3.05) is 13.7 Å². The van der Waals surface area contributed by atoms with E-state index in [0.29, 0.717) is 6.42 Å². The van der Waals surface area contributed by atoms with Crippen molar-refractivity contribution in [3.63, 3.8) is 0 Å². The van der Waals surface area contributed by atoms with Gasteiger partial charge < -0.3 is 13.9 Å². The van der Waals surface area contributed by atoms with Crippen LogP contribution < -0.4 is 0 Å². The van der Waals surface area contributed by atoms with Crippen molar-refractivity contribution in [2.45, 2.75) is 30.8 Å². The maximum atomic E-state index is 11.7. The Kier molecular flexibility index (Phi) is 5.65. The highest BCUT2D eigenvalue weighted by molar-refractivity contribution is 9.10. The third-order valence-electron chi connectivity index (χ3n) is 2.61. The molecule has 1 aromatic rings. The summed E-state index contributed by atoms with van der Waals surface area (Å²) in [4.78, 5) is 11.4. The molecular formula is C11H14BrClO6S. The molecule has 1 heterocycles. The quantitative estimate of drug-likeness (QED) is 0.549. The summed E-state index contributed by atoms with van der Waals surface area (Å²) >= 11 is 2.87. The Morgan fingerprint density at radius 2 is 2.10 bits per heavy atom. The predicted octanol–water partition coefficient (Wildman–Crippen LogP) is 2.94. The van der Waals surface area contributed by atoms with Crippen LogP contribution in [0.5, 0.6) is 0 Å². The predicted molar refractivity (Wildman–Crippen MR) is 75.4 cm³/mol. The average Bonchev–Trinajstić information content (AvgIpc) is 2.71. The van der Waals surface area contributed by atoms with Crippen LogP contribution in [-0.4, -0.2) is 33.7 Å². The number of hydrogen-bond acceptors (Lipinski definition) is 6. The fraction of sp³-hybridized carbons (Fsp3) is 0.545. The van der Waals surface area contributed by atoms with E-state index in [0.717, 1.165) is 6.07 Å². The molecule has 0 saturated carbocycles. The number of rotatable bonds is 6. The molecule has 9 heteroatoms. The third-order valence-corrected chi connectivity index (χ3v) is 4.79. The molecule has 0 atom stereocenters. The summed E-state index contributed by atoms with van der Waals surface area (Å²) in [6.45, 7) is 3.81. The lowest BCUT2D eigenvalue weighted by atomic mass is 10.1. The molecular weight excluding hydrogens is 376 g/mol. The summed E-state index contributed by atoms with van der Waals surface area (Å²) in [5.74, 6) is -1.02. The van der Waals surface area contributed by atoms with Crippen molar-refractivity contribution in [3.05, 3.63) is 16.5 Å². The van der Waals surface area contributed by atoms with Crippen LogP contribution in [0.25, 0.3) is 0 Å². The van der Waals surface area contributed by atoms with Crippen molar-refractivity contribution in [2.24, 2.45) is 0 Å². The molecule has 0 bridgehead atoms. The Morgan fingerprint density at radius 3 is 2.55 bits per heavy atom. The van der Waals surface area contributed by atoms with Crippen LogP contribution in [0.2, 0.25) is 0 Å². The van der Waals surface area contributed by atoms with Gasteiger partial charge in [-0.2, -0.15) is 0 Å². The van der Waals surface area contributed by atoms with Gasteiger partial charge in [0.2, 0.25) is 5.76 Å². The van der Waals surface area contributed by atoms with E-state index >= 15 is 0 Å². The number of carbonyl (C=O) groups is 1. The van der Waals surface area contributed by atoms with Crippen LogP contribution in [0.3, 0.4) is 0 Å². The molecule has 0 amide bonds. The van der Waals surface area contributed by atoms with Gasteiger partial charge in [-0.3, -0.25) is 0 Å². The van der Waals surface area contributed by atoms with Gasteiger partial charge in [0.1, 0.15) is 4.90 Å². The van der Waals surface area contributed by atoms with Gasteiger partial charge in [0.15, 0.2) is 4.67 Å². The molecule has 1 aromatic heterocycles. The van der Waals surface area contributed by atoms with Gasteiger partial charge in [0.05, 0.1) is 12.2 Å². The summed E-state index contributed by atoms with van der Waals surface area (Å²) in [6.07, 6.45) is 0.484. The molecule has 20 heavy (non-hydrogen) atoms. The highest BCUT2D eigenvalue weighted by Crippen LogP contribution is 2.29. The number of methoxy groups -OCH3 is 1. The summed E-state index contributed by atoms with van der Waals surface area (Å²) in [6, 6.07) is 1.01. The number of halogens is 2. The topological polar surface area (TPSA) is 82.8 Å². The SMILES string of the molecule is COC(C)(C)CCOC(=O)c1cc(S(=O)(=O)Cl)c(Br)o1. The summed E-state index contributed by atoms with van der Waals surface area (Å²) in [5, 5.41) is 0. The summed E-state index contributed by atoms with van der Waals surface area (Å²) in [7, 11) is 2.75. The van der Waals surface area contributed by atoms with Gasteiger partial charge in [0.25, 0.3) is 9.05 Å². The zero-order chi connectivity index (χ0) is 15.6. The van der Waals surface area contributed by atoms with E-state index in [1.165, 1.54) is 0 Å². The molecule has 0 aromatic carbocycles. The van der Waals surface area contributed by atoms with Crippen molar-refractivity contribution < 1.29 is 27.1 Å². The fourth-order valence-corrected chi connectivity index (χ4v) is 3.21. The smallest absolute Gasteiger partial charge is 0.374 e. The molecule has 0 unspecified atom stereocenters. The highest BCUT2D eigenvalue weighted by Gasteiger charge is 2.24. The normalized spacial score (nSPS) is 12.4. The van der Waals surface area contributed by atoms with E-state index < -0.39 is 20.6 Å². The Hall–Kier alpha value is -0.570. The molecule has 114 valence electrons. The van der Waals surface area contributed by atoms with Crippen LogP contribution in [0.1, 0.15) is 30.8 Å². The fourth-order valence-electron chi connectivity index (χ4n) is 1.18. The first kappa shape index (κ1) is 17.5. The van der Waals surface area contributed by atoms with Gasteiger partial charge in [-0.1, -0.05) is 0 Å². The van der Waals surface area contributed by atoms with E-state index in [1.807, 2.05) is 13.8 Å². The van der Waals surface area contributed by atoms with Crippen LogP contribution >= 0.6 is 26.6 Å². The molecule has 6 nitrogen and oxygen atoms in total. The lowest BCUT2D eigenvalue weighted by Gasteiger charge is -2.22. The van der Waals surface area contributed by atoms with Crippen LogP contribution in [0.4, 0.5) is 0 Å². The average molecular weight is 390 g/mol. The lowest BCUT2D eigenvalue weighted by Crippen LogP contribution is -2.25. The van der Waals surface area contributed by atoms with E-state index in [9.17, 15) is 13.2 Å². The maximum absolute atomic E-state index is 11.7. The molecule has 0 spiro atoms. The first-order valence-corrected chi connectivity index (χ1v) is 8.63. The third kappa shape index (κ3) is 4.76. The largest absolute Gasteiger partial charge is 0.460 e. The molecule has 1 rings (SSSR count). The zero-order valence-corrected chi connectivity index (χ0v) is 14.3. The van der Waals surface area contributed by atoms with Gasteiger partial charge in [-0.25, -0.2) is 13.2 Å². The minimum atomic E-state index is -3.99. The standard InChI is InChI=1S/C11H14BrClO6S/c1-11(2,17-3)4-5-18-10(14)7-6-8(9(12)19-7)20(13,15)16/h6H,4-5H2,1-3H3. The first-order chi connectivity index (χ1) is 9.07. The van der Waals surface area contributed by atoms with Crippen molar-refractivity contribution in [1.82, 2.24) is 0 Å². The number of carbonyl (C=O) groups excluding carboxylic acids is 1. The number of ether oxygens (including phenoxy) is 2. The zero-order valence-electron chi connectivity index (χ0n) is 11.1. The van der Waals surface area contributed by atoms with Crippen molar-refractivity contribution >= 4 is 41.6 Å². The van der Waals surface area contributed by atoms with Crippen LogP contribution in [0, 0.1) is 0 Å². The minimum absolute atomic E-state index is 0.112. The van der Waals surface area contributed by atoms with E-state index in [2.05, 4.69) is 15.9 Å². The Morgan fingerprint density at radius 1 is 1.50 bits per heavy atom. The summed E-state index contributed by atoms with van der Waals surface area (Å²) in [5.41, 5.74) is -0.422. The van der Waals surface area contributed by atoms with Gasteiger partial charge in [-0.05, 0) is 29.8 Å². The van der Waals surface area contributed by atoms with Crippen LogP contribution in [-0.2, 0) is 18.5 Å². The monoisotopic (exact) mass is 388 g/mol. The van der Waals surface area contributed by atoms with Crippen LogP contribution in [0.15, 0.2) is 20.0 Å². The molecule has 0 fully saturated rings. The van der Waals surface area contributed by atoms with Gasteiger partial charge in [-0.15, -0.1) is 0 Å². The molecule has 0 radical (unpaired) electrons. The Bertz CT molecular complexity index is 592. The molecule has 0 aliphatic rings. The second kappa shape index (κ2) is 6.46. The van der Waals surface area contributed by atoms with E-state index in [-0.39, 0.29) is 21.9 Å². The van der Waals surface area contributed by atoms with Crippen molar-refractivity contribution in [3.8, 4) is 0 Å². The minimum Gasteiger partial charge on any atom is -0.460 e. The number of furan rings is 1.